The van der Waals surface area contributed by atoms with E-state index in [4.69, 9.17) is 4.74 Å². The van der Waals surface area contributed by atoms with Crippen LogP contribution in [0.5, 0.6) is 0 Å². The highest BCUT2D eigenvalue weighted by Gasteiger charge is 2.29. The van der Waals surface area contributed by atoms with Crippen LogP contribution in [0.2, 0.25) is 0 Å². The van der Waals surface area contributed by atoms with Gasteiger partial charge in [0.15, 0.2) is 0 Å². The van der Waals surface area contributed by atoms with Crippen LogP contribution < -0.4 is 5.32 Å². The molecule has 3 aromatic rings. The number of carboxylic acid groups (broad SMARTS) is 1. The maximum Gasteiger partial charge on any atom is 0.407 e. The largest absolute Gasteiger partial charge is 0.465 e. The predicted octanol–water partition coefficient (Wildman–Crippen LogP) is 6.18. The molecule has 3 rings (SSSR count). The van der Waals surface area contributed by atoms with Crippen molar-refractivity contribution in [3.05, 3.63) is 88.6 Å². The maximum absolute atomic E-state index is 13.7. The SMILES string of the molecule is CC(C)(C)OC(=O)N[C@@H](CCCCN(Cc1ccccc1)C(=O)O)CN(Cc1cccs1)S(=O)(=O)c1ccccc1. The normalized spacial score (nSPS) is 12.6. The number of sulfonamides is 1. The molecule has 0 saturated carbocycles. The van der Waals surface area contributed by atoms with Crippen LogP contribution in [0.3, 0.4) is 0 Å². The van der Waals surface area contributed by atoms with Crippen molar-refractivity contribution in [3.63, 3.8) is 0 Å². The number of amides is 2. The van der Waals surface area contributed by atoms with Crippen molar-refractivity contribution in [2.45, 2.75) is 69.7 Å². The topological polar surface area (TPSA) is 116 Å². The third kappa shape index (κ3) is 10.8. The predicted molar refractivity (Wildman–Crippen MR) is 160 cm³/mol. The van der Waals surface area contributed by atoms with E-state index < -0.39 is 33.9 Å². The van der Waals surface area contributed by atoms with Crippen LogP contribution in [0.25, 0.3) is 0 Å². The fourth-order valence-electron chi connectivity index (χ4n) is 4.23. The number of hydrogen-bond donors (Lipinski definition) is 2. The van der Waals surface area contributed by atoms with E-state index in [1.807, 2.05) is 47.8 Å². The van der Waals surface area contributed by atoms with E-state index in [9.17, 15) is 23.1 Å². The van der Waals surface area contributed by atoms with Gasteiger partial charge >= 0.3 is 12.2 Å². The first-order valence-corrected chi connectivity index (χ1v) is 15.8. The van der Waals surface area contributed by atoms with Crippen molar-refractivity contribution in [1.82, 2.24) is 14.5 Å². The van der Waals surface area contributed by atoms with E-state index >= 15 is 0 Å². The molecule has 1 aromatic heterocycles. The number of nitrogens with one attached hydrogen (secondary N) is 1. The Hall–Kier alpha value is -3.41. The minimum absolute atomic E-state index is 0.0288. The van der Waals surface area contributed by atoms with E-state index in [-0.39, 0.29) is 24.5 Å². The number of ether oxygens (including phenoxy) is 1. The van der Waals surface area contributed by atoms with Crippen LogP contribution >= 0.6 is 11.3 Å². The minimum Gasteiger partial charge on any atom is -0.465 e. The molecule has 9 nitrogen and oxygen atoms in total. The second kappa shape index (κ2) is 15.0. The first kappa shape index (κ1) is 32.1. The van der Waals surface area contributed by atoms with Crippen molar-refractivity contribution in [2.24, 2.45) is 0 Å². The van der Waals surface area contributed by atoms with E-state index in [2.05, 4.69) is 5.32 Å². The number of benzene rings is 2. The summed E-state index contributed by atoms with van der Waals surface area (Å²) in [6.07, 6.45) is -0.0944. The zero-order valence-corrected chi connectivity index (χ0v) is 25.4. The zero-order valence-electron chi connectivity index (χ0n) is 23.7. The Bertz CT molecular complexity index is 1330. The average Bonchev–Trinajstić information content (AvgIpc) is 3.43. The summed E-state index contributed by atoms with van der Waals surface area (Å²) in [6, 6.07) is 20.8. The fraction of sp³-hybridized carbons (Fsp3) is 0.400. The van der Waals surface area contributed by atoms with Crippen molar-refractivity contribution in [3.8, 4) is 0 Å². The summed E-state index contributed by atoms with van der Waals surface area (Å²) in [5, 5.41) is 14.4. The van der Waals surface area contributed by atoms with Gasteiger partial charge in [0.05, 0.1) is 4.90 Å². The van der Waals surface area contributed by atoms with E-state index in [1.54, 1.807) is 51.1 Å². The van der Waals surface area contributed by atoms with Gasteiger partial charge in [0.25, 0.3) is 0 Å². The van der Waals surface area contributed by atoms with Crippen molar-refractivity contribution in [2.75, 3.05) is 13.1 Å². The monoisotopic (exact) mass is 601 g/mol. The Morgan fingerprint density at radius 1 is 0.951 bits per heavy atom. The molecular formula is C30H39N3O6S2. The Kier molecular flexibility index (Phi) is 11.7. The lowest BCUT2D eigenvalue weighted by molar-refractivity contribution is 0.0494. The first-order chi connectivity index (χ1) is 19.4. The van der Waals surface area contributed by atoms with Gasteiger partial charge in [-0.05, 0) is 69.2 Å². The van der Waals surface area contributed by atoms with Gasteiger partial charge in [-0.1, -0.05) is 54.6 Å². The lowest BCUT2D eigenvalue weighted by atomic mass is 10.1. The van der Waals surface area contributed by atoms with Crippen LogP contribution in [0.1, 0.15) is 50.5 Å². The molecule has 0 aliphatic heterocycles. The van der Waals surface area contributed by atoms with E-state index in [0.717, 1.165) is 10.4 Å². The van der Waals surface area contributed by atoms with Gasteiger partial charge in [0.2, 0.25) is 10.0 Å². The number of rotatable bonds is 14. The Morgan fingerprint density at radius 3 is 2.20 bits per heavy atom. The molecular weight excluding hydrogens is 562 g/mol. The number of carbonyl (C=O) groups excluding carboxylic acids is 1. The summed E-state index contributed by atoms with van der Waals surface area (Å²) in [5.74, 6) is 0. The highest BCUT2D eigenvalue weighted by Crippen LogP contribution is 2.22. The zero-order chi connectivity index (χ0) is 29.9. The summed E-state index contributed by atoms with van der Waals surface area (Å²) >= 11 is 1.46. The third-order valence-corrected chi connectivity index (χ3v) is 8.84. The standard InChI is InChI=1S/C30H39N3O6S2/c1-30(2,3)39-28(34)31-25(15-10-11-19-32(29(35)36)21-24-13-6-4-7-14-24)22-33(23-26-16-12-20-40-26)41(37,38)27-17-8-5-9-18-27/h4-9,12-14,16-18,20,25H,10-11,15,19,21-23H2,1-3H3,(H,31,34)(H,35,36)/t25-/m0/s1. The lowest BCUT2D eigenvalue weighted by Crippen LogP contribution is -2.47. The van der Waals surface area contributed by atoms with E-state index in [0.29, 0.717) is 25.8 Å². The number of unbranched alkanes of at least 4 members (excludes halogenated alkanes) is 1. The molecule has 0 fully saturated rings. The molecule has 0 unspecified atom stereocenters. The smallest absolute Gasteiger partial charge is 0.407 e. The van der Waals surface area contributed by atoms with Crippen molar-refractivity contribution < 1.29 is 27.9 Å². The molecule has 2 amide bonds. The number of nitrogens with zero attached hydrogens (tertiary/aromatic N) is 2. The van der Waals surface area contributed by atoms with Crippen LogP contribution in [0.15, 0.2) is 83.1 Å². The molecule has 1 heterocycles. The van der Waals surface area contributed by atoms with Gasteiger partial charge in [-0.25, -0.2) is 18.0 Å². The Balaban J connectivity index is 1.74. The molecule has 0 aliphatic rings. The van der Waals surface area contributed by atoms with Gasteiger partial charge in [-0.3, -0.25) is 0 Å². The molecule has 2 aromatic carbocycles. The fourth-order valence-corrected chi connectivity index (χ4v) is 6.52. The molecule has 11 heteroatoms. The summed E-state index contributed by atoms with van der Waals surface area (Å²) in [5.41, 5.74) is 0.176. The number of alkyl carbamates (subject to hydrolysis) is 1. The lowest BCUT2D eigenvalue weighted by Gasteiger charge is -2.29. The van der Waals surface area contributed by atoms with Gasteiger partial charge < -0.3 is 20.1 Å². The van der Waals surface area contributed by atoms with Crippen LogP contribution in [0, 0.1) is 0 Å². The van der Waals surface area contributed by atoms with Crippen LogP contribution in [-0.4, -0.2) is 59.6 Å². The average molecular weight is 602 g/mol. The number of hydrogen-bond acceptors (Lipinski definition) is 6. The number of carbonyl (C=O) groups is 2. The highest BCUT2D eigenvalue weighted by molar-refractivity contribution is 7.89. The van der Waals surface area contributed by atoms with Crippen molar-refractivity contribution in [1.29, 1.82) is 0 Å². The molecule has 0 aliphatic carbocycles. The van der Waals surface area contributed by atoms with Gasteiger partial charge in [-0.15, -0.1) is 11.3 Å². The van der Waals surface area contributed by atoms with E-state index in [1.165, 1.54) is 20.5 Å². The van der Waals surface area contributed by atoms with Crippen LogP contribution in [-0.2, 0) is 27.8 Å². The minimum atomic E-state index is -3.87. The van der Waals surface area contributed by atoms with Gasteiger partial charge in [0, 0.05) is 37.1 Å². The third-order valence-electron chi connectivity index (χ3n) is 6.16. The Morgan fingerprint density at radius 2 is 1.61 bits per heavy atom. The second-order valence-corrected chi connectivity index (χ2v) is 13.7. The molecule has 0 spiro atoms. The molecule has 2 N–H and O–H groups in total. The highest BCUT2D eigenvalue weighted by atomic mass is 32.2. The molecule has 0 saturated heterocycles. The Labute approximate surface area is 246 Å². The van der Waals surface area contributed by atoms with Gasteiger partial charge in [0.1, 0.15) is 5.60 Å². The molecule has 0 bridgehead atoms. The molecule has 222 valence electrons. The van der Waals surface area contributed by atoms with Crippen LogP contribution in [0.4, 0.5) is 9.59 Å². The summed E-state index contributed by atoms with van der Waals surface area (Å²) in [6.45, 7) is 6.06. The molecule has 1 atom stereocenters. The second-order valence-electron chi connectivity index (χ2n) is 10.7. The van der Waals surface area contributed by atoms with Crippen molar-refractivity contribution >= 4 is 33.5 Å². The summed E-state index contributed by atoms with van der Waals surface area (Å²) < 4.78 is 34.2. The molecule has 41 heavy (non-hydrogen) atoms. The summed E-state index contributed by atoms with van der Waals surface area (Å²) in [7, 11) is -3.87. The maximum atomic E-state index is 13.7. The van der Waals surface area contributed by atoms with Gasteiger partial charge in [-0.2, -0.15) is 4.31 Å². The quantitative estimate of drug-likeness (QED) is 0.213. The number of thiophene rings is 1. The molecule has 0 radical (unpaired) electrons. The summed E-state index contributed by atoms with van der Waals surface area (Å²) in [4.78, 5) is 27.0. The first-order valence-electron chi connectivity index (χ1n) is 13.5.